The summed E-state index contributed by atoms with van der Waals surface area (Å²) in [6.45, 7) is 0. The smallest absolute Gasteiger partial charge is 0.263 e. The van der Waals surface area contributed by atoms with E-state index in [1.54, 1.807) is 0 Å². The molecule has 2 unspecified atom stereocenters. The van der Waals surface area contributed by atoms with Gasteiger partial charge in [0.2, 0.25) is 0 Å². The van der Waals surface area contributed by atoms with Crippen LogP contribution < -0.4 is 0 Å². The molecule has 0 bridgehead atoms. The number of rotatable bonds is 4. The van der Waals surface area contributed by atoms with Gasteiger partial charge in [0.05, 0.1) is 0 Å². The molecule has 66 valence electrons. The van der Waals surface area contributed by atoms with Gasteiger partial charge in [0, 0.05) is 0 Å². The molecule has 5 nitrogen and oxygen atoms in total. The van der Waals surface area contributed by atoms with Crippen molar-refractivity contribution in [3.63, 3.8) is 0 Å². The van der Waals surface area contributed by atoms with Crippen molar-refractivity contribution in [2.45, 2.75) is 12.7 Å². The van der Waals surface area contributed by atoms with E-state index in [4.69, 9.17) is 10.5 Å². The van der Waals surface area contributed by atoms with Gasteiger partial charge in [-0.25, -0.2) is 0 Å². The van der Waals surface area contributed by atoms with Gasteiger partial charge in [-0.05, 0) is 0 Å². The number of nitrogens with zero attached hydrogens (tertiary/aromatic N) is 2. The summed E-state index contributed by atoms with van der Waals surface area (Å²) in [6.07, 6.45) is -4.88. The Morgan fingerprint density at radius 3 is 1.75 bits per heavy atom. The highest BCUT2D eigenvalue weighted by molar-refractivity contribution is 7.33. The zero-order valence-corrected chi connectivity index (χ0v) is 6.53. The van der Waals surface area contributed by atoms with E-state index in [1.165, 1.54) is 0 Å². The van der Waals surface area contributed by atoms with Crippen molar-refractivity contribution in [2.24, 2.45) is 0 Å². The second-order valence-electron chi connectivity index (χ2n) is 1.38. The number of hydrogen-bond donors (Lipinski definition) is 0. The lowest BCUT2D eigenvalue weighted by atomic mass is 10.8. The lowest BCUT2D eigenvalue weighted by Crippen LogP contribution is -2.01. The Kier molecular flexibility index (Phi) is 5.14. The van der Waals surface area contributed by atoms with Gasteiger partial charge in [-0.3, -0.25) is 13.6 Å². The van der Waals surface area contributed by atoms with E-state index >= 15 is 0 Å². The van der Waals surface area contributed by atoms with E-state index in [0.29, 0.717) is 0 Å². The number of halogens is 2. The Morgan fingerprint density at radius 2 is 1.50 bits per heavy atom. The van der Waals surface area contributed by atoms with Crippen LogP contribution in [0, 0.1) is 22.7 Å². The Labute approximate surface area is 67.1 Å². The maximum Gasteiger partial charge on any atom is 0.325 e. The van der Waals surface area contributed by atoms with Crippen LogP contribution in [0.1, 0.15) is 0 Å². The van der Waals surface area contributed by atoms with E-state index in [9.17, 15) is 13.3 Å². The number of nitriles is 2. The third kappa shape index (κ3) is 4.75. The van der Waals surface area contributed by atoms with Gasteiger partial charge in [-0.15, -0.1) is 0 Å². The van der Waals surface area contributed by atoms with Crippen LogP contribution in [0.4, 0.5) is 8.78 Å². The quantitative estimate of drug-likeness (QED) is 0.627. The number of hydrogen-bond acceptors (Lipinski definition) is 5. The monoisotopic (exact) mass is 196 g/mol. The van der Waals surface area contributed by atoms with Crippen LogP contribution in [0.3, 0.4) is 0 Å². The third-order valence-corrected chi connectivity index (χ3v) is 1.40. The van der Waals surface area contributed by atoms with Gasteiger partial charge >= 0.3 is 8.25 Å². The van der Waals surface area contributed by atoms with Crippen LogP contribution in [0.25, 0.3) is 0 Å². The van der Waals surface area contributed by atoms with Gasteiger partial charge in [0.25, 0.3) is 12.7 Å². The Bertz CT molecular complexity index is 224. The average molecular weight is 196 g/mol. The van der Waals surface area contributed by atoms with Crippen molar-refractivity contribution in [3.05, 3.63) is 0 Å². The molecular formula is C4H3F2N2O3P. The zero-order chi connectivity index (χ0) is 9.56. The highest BCUT2D eigenvalue weighted by Crippen LogP contribution is 2.28. The minimum absolute atomic E-state index is 0.938. The summed E-state index contributed by atoms with van der Waals surface area (Å²) >= 11 is 0. The third-order valence-electron chi connectivity index (χ3n) is 0.602. The van der Waals surface area contributed by atoms with Gasteiger partial charge in [-0.1, -0.05) is 0 Å². The molecule has 0 radical (unpaired) electrons. The van der Waals surface area contributed by atoms with Crippen LogP contribution in [0.5, 0.6) is 0 Å². The van der Waals surface area contributed by atoms with E-state index < -0.39 is 21.0 Å². The molecule has 0 heterocycles. The molecule has 0 amide bonds. The van der Waals surface area contributed by atoms with Crippen LogP contribution in [0.2, 0.25) is 0 Å². The minimum Gasteiger partial charge on any atom is -0.263 e. The molecule has 0 fully saturated rings. The zero-order valence-electron chi connectivity index (χ0n) is 5.53. The molecule has 0 aliphatic rings. The molecule has 0 N–H and O–H groups in total. The Hall–Kier alpha value is -1.01. The molecule has 8 heteroatoms. The van der Waals surface area contributed by atoms with Crippen molar-refractivity contribution in [3.8, 4) is 12.1 Å². The summed E-state index contributed by atoms with van der Waals surface area (Å²) in [5.74, 6) is 0. The van der Waals surface area contributed by atoms with Crippen LogP contribution >= 0.6 is 8.25 Å². The van der Waals surface area contributed by atoms with Gasteiger partial charge in [0.1, 0.15) is 12.1 Å². The van der Waals surface area contributed by atoms with Gasteiger partial charge in [-0.2, -0.15) is 19.3 Å². The van der Waals surface area contributed by atoms with Crippen LogP contribution in [-0.4, -0.2) is 12.7 Å². The summed E-state index contributed by atoms with van der Waals surface area (Å²) in [4.78, 5) is 0. The molecule has 0 aliphatic heterocycles. The molecule has 12 heavy (non-hydrogen) atoms. The van der Waals surface area contributed by atoms with Crippen LogP contribution in [-0.2, 0) is 13.6 Å². The summed E-state index contributed by atoms with van der Waals surface area (Å²) in [6, 6.07) is 1.88. The fraction of sp³-hybridized carbons (Fsp3) is 0.500. The summed E-state index contributed by atoms with van der Waals surface area (Å²) in [5.41, 5.74) is 0. The molecule has 0 aromatic carbocycles. The second kappa shape index (κ2) is 5.62. The maximum atomic E-state index is 11.9. The lowest BCUT2D eigenvalue weighted by molar-refractivity contribution is 0.0624. The molecule has 0 aromatic heterocycles. The normalized spacial score (nSPS) is 17.0. The molecule has 0 saturated heterocycles. The van der Waals surface area contributed by atoms with Crippen molar-refractivity contribution >= 4 is 8.25 Å². The first-order chi connectivity index (χ1) is 5.60. The summed E-state index contributed by atoms with van der Waals surface area (Å²) in [5, 5.41) is 15.6. The Morgan fingerprint density at radius 1 is 1.17 bits per heavy atom. The first-order valence-electron chi connectivity index (χ1n) is 2.54. The molecule has 2 atom stereocenters. The first kappa shape index (κ1) is 11.0. The Balaban J connectivity index is 3.78. The van der Waals surface area contributed by atoms with E-state index in [0.717, 1.165) is 12.1 Å². The SMILES string of the molecule is N#CC(F)O[PH](=O)OC(F)C#N. The molecule has 0 saturated carbocycles. The predicted octanol–water partition coefficient (Wildman–Crippen LogP) is 1.05. The standard InChI is InChI=1S/C4H3F2N2O3P/c5-3(1-7)10-12(9)11-4(6)2-8/h3-4,12H. The molecule has 0 aromatic rings. The highest BCUT2D eigenvalue weighted by Gasteiger charge is 2.14. The van der Waals surface area contributed by atoms with Gasteiger partial charge < -0.3 is 0 Å². The molecule has 0 rings (SSSR count). The molecule has 0 spiro atoms. The number of alkyl halides is 2. The molecular weight excluding hydrogens is 193 g/mol. The van der Waals surface area contributed by atoms with E-state index in [2.05, 4.69) is 9.05 Å². The predicted molar refractivity (Wildman–Crippen MR) is 32.2 cm³/mol. The second-order valence-corrected chi connectivity index (χ2v) is 2.35. The minimum atomic E-state index is -3.46. The lowest BCUT2D eigenvalue weighted by Gasteiger charge is -2.02. The summed E-state index contributed by atoms with van der Waals surface area (Å²) < 4.78 is 41.5. The largest absolute Gasteiger partial charge is 0.325 e. The fourth-order valence-corrected chi connectivity index (χ4v) is 0.748. The van der Waals surface area contributed by atoms with Crippen molar-refractivity contribution < 1.29 is 22.4 Å². The van der Waals surface area contributed by atoms with E-state index in [-0.39, 0.29) is 0 Å². The van der Waals surface area contributed by atoms with Crippen molar-refractivity contribution in [2.75, 3.05) is 0 Å². The topological polar surface area (TPSA) is 83.1 Å². The maximum absolute atomic E-state index is 11.9. The summed E-state index contributed by atoms with van der Waals surface area (Å²) in [7, 11) is -3.46. The van der Waals surface area contributed by atoms with Crippen molar-refractivity contribution in [1.82, 2.24) is 0 Å². The highest BCUT2D eigenvalue weighted by atomic mass is 31.1. The van der Waals surface area contributed by atoms with Crippen LogP contribution in [0.15, 0.2) is 0 Å². The van der Waals surface area contributed by atoms with Crippen molar-refractivity contribution in [1.29, 1.82) is 10.5 Å². The van der Waals surface area contributed by atoms with Gasteiger partial charge in [0.15, 0.2) is 0 Å². The fourth-order valence-electron chi connectivity index (χ4n) is 0.249. The first-order valence-corrected chi connectivity index (χ1v) is 3.77. The van der Waals surface area contributed by atoms with E-state index in [1.807, 2.05) is 0 Å². The molecule has 0 aliphatic carbocycles. The average Bonchev–Trinajstić information content (AvgIpc) is 2.03.